The van der Waals surface area contributed by atoms with Crippen LogP contribution in [0.1, 0.15) is 30.1 Å². The number of aromatic nitrogens is 3. The molecule has 6 heteroatoms. The SMILES string of the molecule is Cc1ccc(OC[C@H](O)CSc2nc(C3CC3)n(-c3ccccc3)n2)cc1. The molecule has 1 atom stereocenters. The Bertz CT molecular complexity index is 876. The zero-order valence-electron chi connectivity index (χ0n) is 15.3. The number of aliphatic hydroxyl groups is 1. The fourth-order valence-corrected chi connectivity index (χ4v) is 3.51. The summed E-state index contributed by atoms with van der Waals surface area (Å²) in [5, 5.41) is 15.6. The van der Waals surface area contributed by atoms with Gasteiger partial charge in [0, 0.05) is 11.7 Å². The summed E-state index contributed by atoms with van der Waals surface area (Å²) in [5.41, 5.74) is 2.21. The second-order valence-corrected chi connectivity index (χ2v) is 7.85. The highest BCUT2D eigenvalue weighted by Gasteiger charge is 2.30. The van der Waals surface area contributed by atoms with E-state index >= 15 is 0 Å². The van der Waals surface area contributed by atoms with Crippen LogP contribution in [-0.2, 0) is 0 Å². The van der Waals surface area contributed by atoms with E-state index in [0.29, 0.717) is 16.8 Å². The van der Waals surface area contributed by atoms with Gasteiger partial charge < -0.3 is 9.84 Å². The van der Waals surface area contributed by atoms with Crippen molar-refractivity contribution in [3.05, 3.63) is 66.0 Å². The number of benzene rings is 2. The van der Waals surface area contributed by atoms with Gasteiger partial charge in [0.05, 0.1) is 11.8 Å². The number of aryl methyl sites for hydroxylation is 1. The summed E-state index contributed by atoms with van der Waals surface area (Å²) in [5.74, 6) is 2.79. The van der Waals surface area contributed by atoms with Gasteiger partial charge in [-0.25, -0.2) is 9.67 Å². The normalized spacial score (nSPS) is 14.9. The third-order valence-corrected chi connectivity index (χ3v) is 5.41. The van der Waals surface area contributed by atoms with Crippen LogP contribution in [-0.4, -0.2) is 38.3 Å². The van der Waals surface area contributed by atoms with Crippen molar-refractivity contribution in [1.29, 1.82) is 0 Å². The van der Waals surface area contributed by atoms with E-state index in [4.69, 9.17) is 9.72 Å². The fraction of sp³-hybridized carbons (Fsp3) is 0.333. The molecule has 1 fully saturated rings. The molecule has 4 rings (SSSR count). The standard InChI is InChI=1S/C21H23N3O2S/c1-15-7-11-19(12-8-15)26-13-18(25)14-27-21-22-20(16-9-10-16)24(23-21)17-5-3-2-4-6-17/h2-8,11-12,16,18,25H,9-10,13-14H2,1H3/t18-/m0/s1. The molecule has 5 nitrogen and oxygen atoms in total. The third-order valence-electron chi connectivity index (χ3n) is 4.42. The maximum Gasteiger partial charge on any atom is 0.209 e. The molecule has 1 aromatic heterocycles. The minimum atomic E-state index is -0.579. The second-order valence-electron chi connectivity index (χ2n) is 6.86. The molecule has 0 saturated heterocycles. The Morgan fingerprint density at radius 1 is 1.15 bits per heavy atom. The van der Waals surface area contributed by atoms with Crippen molar-refractivity contribution in [3.63, 3.8) is 0 Å². The van der Waals surface area contributed by atoms with Gasteiger partial charge >= 0.3 is 0 Å². The molecule has 0 bridgehead atoms. The van der Waals surface area contributed by atoms with Crippen LogP contribution in [0, 0.1) is 6.92 Å². The first-order valence-electron chi connectivity index (χ1n) is 9.22. The van der Waals surface area contributed by atoms with Crippen molar-refractivity contribution < 1.29 is 9.84 Å². The summed E-state index contributed by atoms with van der Waals surface area (Å²) in [7, 11) is 0. The van der Waals surface area contributed by atoms with Gasteiger partial charge in [-0.1, -0.05) is 47.7 Å². The molecule has 0 unspecified atom stereocenters. The molecule has 1 N–H and O–H groups in total. The number of thioether (sulfide) groups is 1. The first-order valence-corrected chi connectivity index (χ1v) is 10.2. The van der Waals surface area contributed by atoms with Crippen LogP contribution in [0.25, 0.3) is 5.69 Å². The molecule has 0 radical (unpaired) electrons. The van der Waals surface area contributed by atoms with Gasteiger partial charge in [0.25, 0.3) is 0 Å². The van der Waals surface area contributed by atoms with Gasteiger partial charge in [-0.15, -0.1) is 5.10 Å². The highest BCUT2D eigenvalue weighted by atomic mass is 32.2. The average molecular weight is 382 g/mol. The topological polar surface area (TPSA) is 60.2 Å². The van der Waals surface area contributed by atoms with Crippen LogP contribution < -0.4 is 4.74 Å². The largest absolute Gasteiger partial charge is 0.491 e. The van der Waals surface area contributed by atoms with Crippen molar-refractivity contribution >= 4 is 11.8 Å². The van der Waals surface area contributed by atoms with E-state index in [-0.39, 0.29) is 6.61 Å². The maximum absolute atomic E-state index is 10.2. The predicted octanol–water partition coefficient (Wildman–Crippen LogP) is 3.99. The van der Waals surface area contributed by atoms with Crippen LogP contribution in [0.3, 0.4) is 0 Å². The molecule has 0 amide bonds. The van der Waals surface area contributed by atoms with E-state index in [1.807, 2.05) is 66.2 Å². The molecule has 27 heavy (non-hydrogen) atoms. The smallest absolute Gasteiger partial charge is 0.209 e. The summed E-state index contributed by atoms with van der Waals surface area (Å²) in [6.45, 7) is 2.29. The molecule has 0 spiro atoms. The second kappa shape index (κ2) is 8.15. The van der Waals surface area contributed by atoms with Crippen LogP contribution in [0.2, 0.25) is 0 Å². The van der Waals surface area contributed by atoms with E-state index in [1.54, 1.807) is 0 Å². The zero-order chi connectivity index (χ0) is 18.6. The number of nitrogens with zero attached hydrogens (tertiary/aromatic N) is 3. The van der Waals surface area contributed by atoms with Crippen molar-refractivity contribution in [2.45, 2.75) is 36.9 Å². The van der Waals surface area contributed by atoms with Gasteiger partial charge in [-0.05, 0) is 44.0 Å². The number of para-hydroxylation sites is 1. The molecule has 1 aliphatic rings. The number of hydrogen-bond donors (Lipinski definition) is 1. The third kappa shape index (κ3) is 4.70. The number of rotatable bonds is 8. The minimum absolute atomic E-state index is 0.255. The molecule has 1 heterocycles. The van der Waals surface area contributed by atoms with Crippen molar-refractivity contribution in [2.24, 2.45) is 0 Å². The monoisotopic (exact) mass is 381 g/mol. The first-order chi connectivity index (χ1) is 13.2. The summed E-state index contributed by atoms with van der Waals surface area (Å²) in [4.78, 5) is 4.71. The zero-order valence-corrected chi connectivity index (χ0v) is 16.1. The van der Waals surface area contributed by atoms with E-state index in [0.717, 1.165) is 17.3 Å². The Balaban J connectivity index is 1.36. The molecule has 0 aliphatic heterocycles. The van der Waals surface area contributed by atoms with E-state index in [1.165, 1.54) is 30.2 Å². The lowest BCUT2D eigenvalue weighted by atomic mass is 10.2. The number of ether oxygens (including phenoxy) is 1. The van der Waals surface area contributed by atoms with Gasteiger partial charge in [-0.3, -0.25) is 0 Å². The van der Waals surface area contributed by atoms with Crippen molar-refractivity contribution in [3.8, 4) is 11.4 Å². The van der Waals surface area contributed by atoms with Crippen LogP contribution >= 0.6 is 11.8 Å². The Morgan fingerprint density at radius 2 is 1.89 bits per heavy atom. The number of hydrogen-bond acceptors (Lipinski definition) is 5. The van der Waals surface area contributed by atoms with Crippen molar-refractivity contribution in [1.82, 2.24) is 14.8 Å². The Hall–Kier alpha value is -2.31. The van der Waals surface area contributed by atoms with Gasteiger partial charge in [0.2, 0.25) is 5.16 Å². The quantitative estimate of drug-likeness (QED) is 0.598. The molecular weight excluding hydrogens is 358 g/mol. The van der Waals surface area contributed by atoms with Gasteiger partial charge in [0.1, 0.15) is 18.2 Å². The highest BCUT2D eigenvalue weighted by Crippen LogP contribution is 2.40. The molecule has 3 aromatic rings. The minimum Gasteiger partial charge on any atom is -0.491 e. The Morgan fingerprint density at radius 3 is 2.59 bits per heavy atom. The fourth-order valence-electron chi connectivity index (χ4n) is 2.78. The maximum atomic E-state index is 10.2. The predicted molar refractivity (Wildman–Crippen MR) is 107 cm³/mol. The summed E-state index contributed by atoms with van der Waals surface area (Å²) in [6, 6.07) is 17.9. The Labute approximate surface area is 163 Å². The van der Waals surface area contributed by atoms with E-state index in [9.17, 15) is 5.11 Å². The molecule has 140 valence electrons. The molecule has 1 saturated carbocycles. The van der Waals surface area contributed by atoms with Gasteiger partial charge in [-0.2, -0.15) is 0 Å². The summed E-state index contributed by atoms with van der Waals surface area (Å²) in [6.07, 6.45) is 1.76. The molecule has 1 aliphatic carbocycles. The van der Waals surface area contributed by atoms with E-state index in [2.05, 4.69) is 5.10 Å². The van der Waals surface area contributed by atoms with Crippen LogP contribution in [0.4, 0.5) is 0 Å². The first kappa shape index (κ1) is 18.1. The average Bonchev–Trinajstić information content (AvgIpc) is 3.46. The lowest BCUT2D eigenvalue weighted by Crippen LogP contribution is -2.20. The van der Waals surface area contributed by atoms with Crippen molar-refractivity contribution in [2.75, 3.05) is 12.4 Å². The van der Waals surface area contributed by atoms with Gasteiger partial charge in [0.15, 0.2) is 0 Å². The Kier molecular flexibility index (Phi) is 5.45. The number of aliphatic hydroxyl groups excluding tert-OH is 1. The van der Waals surface area contributed by atoms with E-state index < -0.39 is 6.10 Å². The lowest BCUT2D eigenvalue weighted by molar-refractivity contribution is 0.126. The lowest BCUT2D eigenvalue weighted by Gasteiger charge is -2.11. The summed E-state index contributed by atoms with van der Waals surface area (Å²) < 4.78 is 7.59. The molecule has 2 aromatic carbocycles. The van der Waals surface area contributed by atoms with Crippen LogP contribution in [0.15, 0.2) is 59.8 Å². The molecular formula is C21H23N3O2S. The highest BCUT2D eigenvalue weighted by molar-refractivity contribution is 7.99. The van der Waals surface area contributed by atoms with Crippen LogP contribution in [0.5, 0.6) is 5.75 Å². The summed E-state index contributed by atoms with van der Waals surface area (Å²) >= 11 is 1.47.